The molecule has 0 aromatic heterocycles. The molecule has 4 N–H and O–H groups in total. The van der Waals surface area contributed by atoms with Crippen molar-refractivity contribution in [2.75, 3.05) is 17.5 Å². The van der Waals surface area contributed by atoms with Gasteiger partial charge in [0.05, 0.1) is 11.8 Å². The maximum absolute atomic E-state index is 13.9. The lowest BCUT2D eigenvalue weighted by atomic mass is 9.82. The number of nitrogens with one attached hydrogen (secondary N) is 2. The minimum atomic E-state index is -3.55. The first kappa shape index (κ1) is 32.6. The Hall–Kier alpha value is -3.34. The highest BCUT2D eigenvalue weighted by atomic mass is 32.2. The topological polar surface area (TPSA) is 111 Å². The number of benzene rings is 3. The van der Waals surface area contributed by atoms with Crippen molar-refractivity contribution in [3.8, 4) is 0 Å². The van der Waals surface area contributed by atoms with Crippen LogP contribution in [0, 0.1) is 17.0 Å². The van der Waals surface area contributed by atoms with Crippen LogP contribution in [0.5, 0.6) is 0 Å². The van der Waals surface area contributed by atoms with Gasteiger partial charge in [0.2, 0.25) is 10.0 Å². The number of halogens is 2. The van der Waals surface area contributed by atoms with Gasteiger partial charge in [-0.15, -0.1) is 0 Å². The van der Waals surface area contributed by atoms with Crippen LogP contribution in [0.25, 0.3) is 0 Å². The van der Waals surface area contributed by atoms with Crippen LogP contribution in [0.2, 0.25) is 0 Å². The van der Waals surface area contributed by atoms with E-state index in [1.54, 1.807) is 6.07 Å². The summed E-state index contributed by atoms with van der Waals surface area (Å²) in [5.74, 6) is -2.12. The van der Waals surface area contributed by atoms with Gasteiger partial charge in [0.15, 0.2) is 0 Å². The van der Waals surface area contributed by atoms with Crippen molar-refractivity contribution in [2.24, 2.45) is 11.1 Å². The van der Waals surface area contributed by atoms with Crippen LogP contribution in [0.1, 0.15) is 72.3 Å². The number of anilines is 1. The van der Waals surface area contributed by atoms with E-state index < -0.39 is 39.8 Å². The van der Waals surface area contributed by atoms with E-state index in [-0.39, 0.29) is 35.7 Å². The first-order valence-corrected chi connectivity index (χ1v) is 16.4. The number of carbonyl (C=O) groups is 1. The van der Waals surface area contributed by atoms with Crippen LogP contribution in [0.4, 0.5) is 14.5 Å². The summed E-state index contributed by atoms with van der Waals surface area (Å²) in [5, 5.41) is 3.56. The number of nitrogens with two attached hydrogens (primary N) is 1. The molecule has 7 nitrogen and oxygen atoms in total. The van der Waals surface area contributed by atoms with Crippen LogP contribution in [-0.2, 0) is 34.0 Å². The highest BCUT2D eigenvalue weighted by molar-refractivity contribution is 7.92. The third-order valence-corrected chi connectivity index (χ3v) is 7.96. The minimum absolute atomic E-state index is 0.0194. The maximum atomic E-state index is 13.9. The Bertz CT molecular complexity index is 1540. The summed E-state index contributed by atoms with van der Waals surface area (Å²) < 4.78 is 59.4. The van der Waals surface area contributed by atoms with E-state index in [9.17, 15) is 22.0 Å². The molecule has 232 valence electrons. The molecule has 4 rings (SSSR count). The van der Waals surface area contributed by atoms with E-state index >= 15 is 0 Å². The van der Waals surface area contributed by atoms with E-state index in [1.165, 1.54) is 47.0 Å². The van der Waals surface area contributed by atoms with Gasteiger partial charge in [-0.3, -0.25) is 4.72 Å². The molecule has 0 saturated carbocycles. The van der Waals surface area contributed by atoms with Crippen molar-refractivity contribution < 1.29 is 26.7 Å². The van der Waals surface area contributed by atoms with Gasteiger partial charge in [-0.05, 0) is 90.1 Å². The fraction of sp³-hybridized carbons (Fsp3) is 0.424. The van der Waals surface area contributed by atoms with Gasteiger partial charge < -0.3 is 15.8 Å². The van der Waals surface area contributed by atoms with Gasteiger partial charge >= 0.3 is 5.97 Å². The van der Waals surface area contributed by atoms with Crippen molar-refractivity contribution in [3.63, 3.8) is 0 Å². The Morgan fingerprint density at radius 3 is 2.44 bits per heavy atom. The van der Waals surface area contributed by atoms with Gasteiger partial charge in [0, 0.05) is 30.4 Å². The van der Waals surface area contributed by atoms with Crippen LogP contribution in [-0.4, -0.2) is 39.3 Å². The molecule has 0 heterocycles. The van der Waals surface area contributed by atoms with E-state index in [2.05, 4.69) is 49.0 Å². The number of aryl methyl sites for hydroxylation is 1. The van der Waals surface area contributed by atoms with Gasteiger partial charge in [-0.2, -0.15) is 0 Å². The number of hydrogen-bond acceptors (Lipinski definition) is 6. The molecule has 0 unspecified atom stereocenters. The average Bonchev–Trinajstić information content (AvgIpc) is 2.88. The SMILES string of the molecule is CC(C)(C)Cc1ccc2c(c1)[C@@H](NC[C@@H](OC(=O)c1cccc(NS(C)(=O)=O)c1)[C@@H](N)Cc1cc(F)cc(F)c1)CCC2. The number of rotatable bonds is 11. The summed E-state index contributed by atoms with van der Waals surface area (Å²) in [4.78, 5) is 13.3. The minimum Gasteiger partial charge on any atom is -0.456 e. The standard InChI is InChI=1S/C33H41F2N3O4S/c1-33(2,3)19-21-11-12-23-7-6-10-30(28(23)15-21)37-20-31(29(36)16-22-13-25(34)18-26(35)14-22)42-32(39)24-8-5-9-27(17-24)38-43(4,40)41/h5,8-9,11-15,17-18,29-31,37-38H,6-7,10,16,19-20,36H2,1-4H3/t29-,30-,31+/m0/s1. The van der Waals surface area contributed by atoms with E-state index in [0.29, 0.717) is 5.56 Å². The van der Waals surface area contributed by atoms with Crippen molar-refractivity contribution in [2.45, 2.75) is 71.1 Å². The molecule has 3 aromatic carbocycles. The predicted octanol–water partition coefficient (Wildman–Crippen LogP) is 5.69. The second-order valence-electron chi connectivity index (χ2n) is 12.7. The molecule has 43 heavy (non-hydrogen) atoms. The Morgan fingerprint density at radius 2 is 1.77 bits per heavy atom. The molecule has 3 aromatic rings. The Labute approximate surface area is 253 Å². The fourth-order valence-corrected chi connectivity index (χ4v) is 6.14. The molecule has 10 heteroatoms. The number of fused-ring (bicyclic) bond motifs is 1. The lowest BCUT2D eigenvalue weighted by Crippen LogP contribution is -2.47. The second kappa shape index (κ2) is 13.5. The van der Waals surface area contributed by atoms with Crippen molar-refractivity contribution in [1.82, 2.24) is 5.32 Å². The lowest BCUT2D eigenvalue weighted by Gasteiger charge is -2.31. The molecule has 0 bridgehead atoms. The summed E-state index contributed by atoms with van der Waals surface area (Å²) in [6, 6.07) is 15.1. The van der Waals surface area contributed by atoms with Gasteiger partial charge in [-0.25, -0.2) is 22.0 Å². The van der Waals surface area contributed by atoms with E-state index in [1.807, 2.05) is 0 Å². The normalized spacial score (nSPS) is 16.7. The predicted molar refractivity (Wildman–Crippen MR) is 165 cm³/mol. The van der Waals surface area contributed by atoms with Gasteiger partial charge in [0.1, 0.15) is 17.7 Å². The number of sulfonamides is 1. The summed E-state index contributed by atoms with van der Waals surface area (Å²) in [6.45, 7) is 6.83. The zero-order valence-electron chi connectivity index (χ0n) is 25.1. The summed E-state index contributed by atoms with van der Waals surface area (Å²) in [5.41, 5.74) is 11.1. The Morgan fingerprint density at radius 1 is 1.05 bits per heavy atom. The van der Waals surface area contributed by atoms with Crippen molar-refractivity contribution in [3.05, 3.63) is 100 Å². The molecule has 0 amide bonds. The quantitative estimate of drug-likeness (QED) is 0.240. The van der Waals surface area contributed by atoms with Crippen molar-refractivity contribution in [1.29, 1.82) is 0 Å². The van der Waals surface area contributed by atoms with Crippen LogP contribution in [0.15, 0.2) is 60.7 Å². The molecule has 0 aliphatic heterocycles. The van der Waals surface area contributed by atoms with Gasteiger partial charge in [-0.1, -0.05) is 45.0 Å². The van der Waals surface area contributed by atoms with Crippen LogP contribution < -0.4 is 15.8 Å². The third-order valence-electron chi connectivity index (χ3n) is 7.36. The summed E-state index contributed by atoms with van der Waals surface area (Å²) >= 11 is 0. The number of esters is 1. The zero-order valence-corrected chi connectivity index (χ0v) is 25.9. The van der Waals surface area contributed by atoms with E-state index in [4.69, 9.17) is 10.5 Å². The molecule has 1 aliphatic rings. The molecule has 0 saturated heterocycles. The molecule has 0 radical (unpaired) electrons. The molecule has 0 fully saturated rings. The Balaban J connectivity index is 1.56. The highest BCUT2D eigenvalue weighted by Gasteiger charge is 2.27. The molecular weight excluding hydrogens is 572 g/mol. The van der Waals surface area contributed by atoms with Gasteiger partial charge in [0.25, 0.3) is 0 Å². The Kier molecular flexibility index (Phi) is 10.2. The maximum Gasteiger partial charge on any atom is 0.338 e. The first-order chi connectivity index (χ1) is 20.1. The largest absolute Gasteiger partial charge is 0.456 e. The van der Waals surface area contributed by atoms with Crippen LogP contribution >= 0.6 is 0 Å². The molecule has 3 atom stereocenters. The monoisotopic (exact) mass is 613 g/mol. The highest BCUT2D eigenvalue weighted by Crippen LogP contribution is 2.32. The lowest BCUT2D eigenvalue weighted by molar-refractivity contribution is 0.0230. The van der Waals surface area contributed by atoms with Crippen LogP contribution in [0.3, 0.4) is 0 Å². The smallest absolute Gasteiger partial charge is 0.338 e. The van der Waals surface area contributed by atoms with Crippen molar-refractivity contribution >= 4 is 21.7 Å². The fourth-order valence-electron chi connectivity index (χ4n) is 5.58. The summed E-state index contributed by atoms with van der Waals surface area (Å²) in [6.07, 6.45) is 4.07. The number of ether oxygens (including phenoxy) is 1. The first-order valence-electron chi connectivity index (χ1n) is 14.5. The molecular formula is C33H41F2N3O4S. The molecule has 1 aliphatic carbocycles. The summed E-state index contributed by atoms with van der Waals surface area (Å²) in [7, 11) is -3.55. The number of carbonyl (C=O) groups excluding carboxylic acids is 1. The third kappa shape index (κ3) is 9.84. The second-order valence-corrected chi connectivity index (χ2v) is 14.4. The van der Waals surface area contributed by atoms with E-state index in [0.717, 1.165) is 38.0 Å². The average molecular weight is 614 g/mol. The number of hydrogen-bond donors (Lipinski definition) is 3. The molecule has 0 spiro atoms. The zero-order chi connectivity index (χ0) is 31.4.